The highest BCUT2D eigenvalue weighted by Crippen LogP contribution is 2.28. The third kappa shape index (κ3) is 3.26. The number of pyridine rings is 1. The maximum absolute atomic E-state index is 6.04. The normalized spacial score (nSPS) is 10.4. The van der Waals surface area contributed by atoms with Gasteiger partial charge < -0.3 is 10.7 Å². The molecule has 7 heteroatoms. The van der Waals surface area contributed by atoms with Gasteiger partial charge in [0.25, 0.3) is 0 Å². The van der Waals surface area contributed by atoms with Crippen LogP contribution in [-0.4, -0.2) is 11.5 Å². The summed E-state index contributed by atoms with van der Waals surface area (Å²) in [5.41, 5.74) is 3.71. The molecule has 96 valence electrons. The summed E-state index contributed by atoms with van der Waals surface area (Å²) in [6.07, 6.45) is 0.912. The topological polar surface area (TPSA) is 63.0 Å². The van der Waals surface area contributed by atoms with Crippen molar-refractivity contribution in [3.8, 4) is 0 Å². The van der Waals surface area contributed by atoms with E-state index in [0.29, 0.717) is 21.7 Å². The molecule has 4 N–H and O–H groups in total. The highest BCUT2D eigenvalue weighted by atomic mass is 35.5. The molecule has 0 aliphatic rings. The van der Waals surface area contributed by atoms with Crippen LogP contribution in [0.15, 0.2) is 22.9 Å². The van der Waals surface area contributed by atoms with E-state index in [-0.39, 0.29) is 0 Å². The molecule has 0 unspecified atom stereocenters. The number of thiophene rings is 1. The molecule has 0 radical (unpaired) electrons. The first-order valence-corrected chi connectivity index (χ1v) is 6.98. The van der Waals surface area contributed by atoms with Crippen LogP contribution in [0.4, 0.5) is 11.6 Å². The van der Waals surface area contributed by atoms with E-state index in [1.807, 2.05) is 0 Å². The van der Waals surface area contributed by atoms with Crippen molar-refractivity contribution in [3.05, 3.63) is 38.5 Å². The Bertz CT molecular complexity index is 516. The van der Waals surface area contributed by atoms with Crippen LogP contribution in [0.25, 0.3) is 0 Å². The number of nitrogens with zero attached hydrogens (tertiary/aromatic N) is 1. The molecule has 2 aromatic rings. The number of hydrazine groups is 1. The molecule has 2 aromatic heterocycles. The average Bonchev–Trinajstić information content (AvgIpc) is 2.85. The van der Waals surface area contributed by atoms with Gasteiger partial charge in [-0.3, -0.25) is 0 Å². The van der Waals surface area contributed by atoms with E-state index in [0.717, 1.165) is 13.0 Å². The Labute approximate surface area is 119 Å². The van der Waals surface area contributed by atoms with E-state index >= 15 is 0 Å². The van der Waals surface area contributed by atoms with Crippen molar-refractivity contribution in [2.75, 3.05) is 17.3 Å². The van der Waals surface area contributed by atoms with Gasteiger partial charge in [-0.2, -0.15) is 11.3 Å². The van der Waals surface area contributed by atoms with Gasteiger partial charge in [-0.05, 0) is 34.9 Å². The van der Waals surface area contributed by atoms with Crippen LogP contribution in [0.5, 0.6) is 0 Å². The standard InChI is InChI=1S/C11H12Cl2N4S/c12-8-5-9(13)11(17-14)16-10(8)15-3-1-7-2-4-18-6-7/h2,4-6H,1,3,14H2,(H2,15,16,17). The van der Waals surface area contributed by atoms with Gasteiger partial charge in [0.2, 0.25) is 0 Å². The van der Waals surface area contributed by atoms with E-state index in [1.165, 1.54) is 5.56 Å². The largest absolute Gasteiger partial charge is 0.368 e. The van der Waals surface area contributed by atoms with Crippen LogP contribution in [0.1, 0.15) is 5.56 Å². The van der Waals surface area contributed by atoms with Crippen molar-refractivity contribution >= 4 is 46.2 Å². The van der Waals surface area contributed by atoms with Crippen molar-refractivity contribution < 1.29 is 0 Å². The van der Waals surface area contributed by atoms with Gasteiger partial charge >= 0.3 is 0 Å². The number of anilines is 2. The van der Waals surface area contributed by atoms with Crippen molar-refractivity contribution in [3.63, 3.8) is 0 Å². The second-order valence-electron chi connectivity index (χ2n) is 3.60. The zero-order valence-corrected chi connectivity index (χ0v) is 11.7. The molecule has 0 bridgehead atoms. The zero-order chi connectivity index (χ0) is 13.0. The Kier molecular flexibility index (Phi) is 4.66. The molecule has 0 aliphatic heterocycles. The lowest BCUT2D eigenvalue weighted by Gasteiger charge is -2.10. The number of rotatable bonds is 5. The fourth-order valence-electron chi connectivity index (χ4n) is 1.45. The van der Waals surface area contributed by atoms with E-state index in [9.17, 15) is 0 Å². The lowest BCUT2D eigenvalue weighted by molar-refractivity contribution is 1.01. The van der Waals surface area contributed by atoms with Gasteiger partial charge in [0.15, 0.2) is 5.82 Å². The Hall–Kier alpha value is -1.01. The van der Waals surface area contributed by atoms with Gasteiger partial charge in [0, 0.05) is 6.54 Å². The molecule has 2 heterocycles. The summed E-state index contributed by atoms with van der Waals surface area (Å²) in [6, 6.07) is 3.70. The summed E-state index contributed by atoms with van der Waals surface area (Å²) in [7, 11) is 0. The quantitative estimate of drug-likeness (QED) is 0.585. The number of hydrogen-bond acceptors (Lipinski definition) is 5. The summed E-state index contributed by atoms with van der Waals surface area (Å²) in [4.78, 5) is 4.20. The Morgan fingerprint density at radius 2 is 2.06 bits per heavy atom. The summed E-state index contributed by atoms with van der Waals surface area (Å²) in [5, 5.41) is 8.20. The molecule has 0 atom stereocenters. The second-order valence-corrected chi connectivity index (χ2v) is 5.20. The fraction of sp³-hybridized carbons (Fsp3) is 0.182. The van der Waals surface area contributed by atoms with Crippen LogP contribution in [0.3, 0.4) is 0 Å². The molecule has 18 heavy (non-hydrogen) atoms. The molecule has 4 nitrogen and oxygen atoms in total. The first kappa shape index (κ1) is 13.4. The first-order chi connectivity index (χ1) is 8.70. The highest BCUT2D eigenvalue weighted by molar-refractivity contribution is 7.07. The van der Waals surface area contributed by atoms with Crippen LogP contribution in [0.2, 0.25) is 10.0 Å². The summed E-state index contributed by atoms with van der Waals surface area (Å²) < 4.78 is 0. The van der Waals surface area contributed by atoms with E-state index in [4.69, 9.17) is 29.0 Å². The molecule has 2 rings (SSSR count). The number of nitrogens with one attached hydrogen (secondary N) is 2. The number of nitrogens with two attached hydrogens (primary N) is 1. The van der Waals surface area contributed by atoms with Gasteiger partial charge in [-0.15, -0.1) is 0 Å². The molecular weight excluding hydrogens is 291 g/mol. The van der Waals surface area contributed by atoms with Crippen molar-refractivity contribution in [2.24, 2.45) is 5.84 Å². The fourth-order valence-corrected chi connectivity index (χ4v) is 2.64. The summed E-state index contributed by atoms with van der Waals surface area (Å²) in [5.74, 6) is 6.28. The Morgan fingerprint density at radius 3 is 2.72 bits per heavy atom. The van der Waals surface area contributed by atoms with Gasteiger partial charge in [-0.25, -0.2) is 10.8 Å². The van der Waals surface area contributed by atoms with Crippen molar-refractivity contribution in [1.29, 1.82) is 0 Å². The number of halogens is 2. The lowest BCUT2D eigenvalue weighted by Crippen LogP contribution is -2.12. The molecule has 0 amide bonds. The number of hydrogen-bond donors (Lipinski definition) is 3. The lowest BCUT2D eigenvalue weighted by atomic mass is 10.2. The van der Waals surface area contributed by atoms with Gasteiger partial charge in [-0.1, -0.05) is 23.2 Å². The monoisotopic (exact) mass is 302 g/mol. The zero-order valence-electron chi connectivity index (χ0n) is 9.41. The van der Waals surface area contributed by atoms with Crippen LogP contribution >= 0.6 is 34.5 Å². The minimum atomic E-state index is 0.394. The average molecular weight is 303 g/mol. The highest BCUT2D eigenvalue weighted by Gasteiger charge is 2.08. The minimum Gasteiger partial charge on any atom is -0.368 e. The van der Waals surface area contributed by atoms with Crippen LogP contribution in [0, 0.1) is 0 Å². The Balaban J connectivity index is 2.00. The van der Waals surface area contributed by atoms with E-state index < -0.39 is 0 Å². The number of aromatic nitrogens is 1. The smallest absolute Gasteiger partial charge is 0.161 e. The molecule has 0 spiro atoms. The molecule has 0 aliphatic carbocycles. The maximum Gasteiger partial charge on any atom is 0.161 e. The summed E-state index contributed by atoms with van der Waals surface area (Å²) in [6.45, 7) is 0.745. The third-order valence-electron chi connectivity index (χ3n) is 2.35. The van der Waals surface area contributed by atoms with Crippen LogP contribution in [-0.2, 0) is 6.42 Å². The van der Waals surface area contributed by atoms with Gasteiger partial charge in [0.1, 0.15) is 5.82 Å². The number of nitrogen functional groups attached to an aromatic ring is 1. The van der Waals surface area contributed by atoms with Crippen molar-refractivity contribution in [1.82, 2.24) is 4.98 Å². The maximum atomic E-state index is 6.04. The summed E-state index contributed by atoms with van der Waals surface area (Å²) >= 11 is 13.6. The second kappa shape index (κ2) is 6.24. The van der Waals surface area contributed by atoms with Crippen molar-refractivity contribution in [2.45, 2.75) is 6.42 Å². The SMILES string of the molecule is NNc1nc(NCCc2ccsc2)c(Cl)cc1Cl. The predicted octanol–water partition coefficient (Wildman–Crippen LogP) is 3.39. The molecule has 0 saturated carbocycles. The Morgan fingerprint density at radius 1 is 1.28 bits per heavy atom. The van der Waals surface area contributed by atoms with E-state index in [1.54, 1.807) is 17.4 Å². The van der Waals surface area contributed by atoms with Gasteiger partial charge in [0.05, 0.1) is 10.0 Å². The molecular formula is C11H12Cl2N4S. The first-order valence-electron chi connectivity index (χ1n) is 5.28. The minimum absolute atomic E-state index is 0.394. The molecule has 0 saturated heterocycles. The van der Waals surface area contributed by atoms with E-state index in [2.05, 4.69) is 32.6 Å². The molecule has 0 aromatic carbocycles. The third-order valence-corrected chi connectivity index (χ3v) is 3.66. The van der Waals surface area contributed by atoms with Crippen LogP contribution < -0.4 is 16.6 Å². The predicted molar refractivity (Wildman–Crippen MR) is 78.6 cm³/mol. The molecule has 0 fully saturated rings.